The maximum absolute atomic E-state index is 11.2. The maximum atomic E-state index is 11.2. The van der Waals surface area contributed by atoms with Gasteiger partial charge in [0.1, 0.15) is 0 Å². The summed E-state index contributed by atoms with van der Waals surface area (Å²) in [5.74, 6) is 0. The molecule has 7 nitrogen and oxygen atoms in total. The third-order valence-electron chi connectivity index (χ3n) is 5.05. The van der Waals surface area contributed by atoms with Gasteiger partial charge < -0.3 is 23.8 Å². The van der Waals surface area contributed by atoms with E-state index in [1.54, 1.807) is 0 Å². The maximum Gasteiger partial charge on any atom is 0.272 e. The topological polar surface area (TPSA) is 122 Å². The number of phosphoric ester groups is 1. The Morgan fingerprint density at radius 1 is 0.618 bits per heavy atom. The highest BCUT2D eigenvalue weighted by atomic mass is 31.3. The molecule has 0 saturated heterocycles. The number of hydrogen-bond acceptors (Lipinski definition) is 7. The van der Waals surface area contributed by atoms with Gasteiger partial charge in [-0.25, -0.2) is 0 Å². The number of allylic oxidation sites excluding steroid dienone is 9. The van der Waals surface area contributed by atoms with E-state index < -0.39 is 15.6 Å². The smallest absolute Gasteiger partial charge is 0.272 e. The molecule has 0 aliphatic carbocycles. The van der Waals surface area contributed by atoms with Crippen LogP contribution in [0.25, 0.3) is 0 Å². The van der Waals surface area contributed by atoms with E-state index in [0.717, 1.165) is 50.5 Å². The van der Waals surface area contributed by atoms with E-state index in [2.05, 4.69) is 67.8 Å². The van der Waals surface area contributed by atoms with E-state index in [1.165, 1.54) is 28.4 Å². The second-order valence-corrected chi connectivity index (χ2v) is 11.6. The van der Waals surface area contributed by atoms with Crippen LogP contribution >= 0.6 is 15.6 Å². The van der Waals surface area contributed by atoms with Crippen molar-refractivity contribution < 1.29 is 32.6 Å². The van der Waals surface area contributed by atoms with E-state index >= 15 is 0 Å². The van der Waals surface area contributed by atoms with Gasteiger partial charge in [0.25, 0.3) is 7.82 Å². The van der Waals surface area contributed by atoms with Crippen LogP contribution in [-0.2, 0) is 18.0 Å². The predicted molar refractivity (Wildman–Crippen MR) is 134 cm³/mol. The first kappa shape index (κ1) is 33.0. The van der Waals surface area contributed by atoms with E-state index in [9.17, 15) is 23.8 Å². The first-order valence-electron chi connectivity index (χ1n) is 11.6. The zero-order valence-corrected chi connectivity index (χ0v) is 23.3. The molecule has 0 aliphatic rings. The van der Waals surface area contributed by atoms with Gasteiger partial charge in [-0.2, -0.15) is 0 Å². The van der Waals surface area contributed by atoms with Gasteiger partial charge in [0, 0.05) is 0 Å². The van der Waals surface area contributed by atoms with Crippen LogP contribution in [-0.4, -0.2) is 6.61 Å². The Bertz CT molecular complexity index is 856. The van der Waals surface area contributed by atoms with Crippen LogP contribution in [0.1, 0.15) is 92.9 Å². The summed E-state index contributed by atoms with van der Waals surface area (Å²) in [6, 6.07) is 0. The van der Waals surface area contributed by atoms with E-state index in [1.807, 2.05) is 6.92 Å². The van der Waals surface area contributed by atoms with Crippen molar-refractivity contribution in [3.8, 4) is 0 Å². The molecule has 0 radical (unpaired) electrons. The van der Waals surface area contributed by atoms with Crippen molar-refractivity contribution in [2.75, 3.05) is 6.61 Å². The lowest BCUT2D eigenvalue weighted by Gasteiger charge is -2.34. The SMILES string of the molecule is CC(C)=CCC/C(C)=C/CC/C(C)=C/CC/C(C)=C\CC/C(C)=C\COP(=O)([O-])OP(=O)([O-])[O-]. The van der Waals surface area contributed by atoms with Crippen molar-refractivity contribution in [2.24, 2.45) is 0 Å². The molecular formula is C25H41O7P2-3. The first-order chi connectivity index (χ1) is 15.7. The van der Waals surface area contributed by atoms with Gasteiger partial charge in [-0.3, -0.25) is 8.88 Å². The third kappa shape index (κ3) is 21.5. The van der Waals surface area contributed by atoms with Crippen LogP contribution in [0, 0.1) is 0 Å². The third-order valence-corrected chi connectivity index (χ3v) is 7.12. The van der Waals surface area contributed by atoms with Gasteiger partial charge in [-0.1, -0.05) is 58.2 Å². The summed E-state index contributed by atoms with van der Waals surface area (Å²) in [5, 5.41) is 0. The van der Waals surface area contributed by atoms with Gasteiger partial charge in [-0.15, -0.1) is 0 Å². The summed E-state index contributed by atoms with van der Waals surface area (Å²) in [4.78, 5) is 31.9. The fourth-order valence-electron chi connectivity index (χ4n) is 3.05. The summed E-state index contributed by atoms with van der Waals surface area (Å²) in [6.45, 7) is 12.2. The van der Waals surface area contributed by atoms with E-state index in [-0.39, 0.29) is 6.61 Å². The summed E-state index contributed by atoms with van der Waals surface area (Å²) in [6.07, 6.45) is 18.5. The highest BCUT2D eigenvalue weighted by molar-refractivity contribution is 7.58. The molecule has 0 heterocycles. The Morgan fingerprint density at radius 2 is 0.971 bits per heavy atom. The zero-order valence-electron chi connectivity index (χ0n) is 21.5. The minimum atomic E-state index is -5.65. The molecule has 0 aromatic heterocycles. The van der Waals surface area contributed by atoms with Crippen molar-refractivity contribution in [2.45, 2.75) is 92.9 Å². The first-order valence-corrected chi connectivity index (χ1v) is 14.6. The molecular weight excluding hydrogens is 474 g/mol. The molecule has 0 N–H and O–H groups in total. The number of rotatable bonds is 17. The Labute approximate surface area is 206 Å². The van der Waals surface area contributed by atoms with Crippen molar-refractivity contribution in [1.82, 2.24) is 0 Å². The second-order valence-electron chi connectivity index (χ2n) is 8.91. The molecule has 196 valence electrons. The standard InChI is InChI=1S/C25H44O7P2/c1-21(2)11-7-12-22(3)13-8-14-23(4)15-9-16-24(5)17-10-18-25(6)19-20-31-34(29,30)32-33(26,27)28/h11,13,15,17,19H,7-10,12,14,16,18,20H2,1-6H3,(H,29,30)(H2,26,27,28)/p-3/b22-13+,23-15+,24-17-,25-19-. The van der Waals surface area contributed by atoms with Crippen LogP contribution in [0.4, 0.5) is 0 Å². The Hall–Kier alpha value is -1.04. The normalized spacial score (nSPS) is 15.9. The summed E-state index contributed by atoms with van der Waals surface area (Å²) in [5.41, 5.74) is 6.41. The van der Waals surface area contributed by atoms with Crippen molar-refractivity contribution in [3.63, 3.8) is 0 Å². The Morgan fingerprint density at radius 3 is 1.32 bits per heavy atom. The van der Waals surface area contributed by atoms with Crippen LogP contribution in [0.5, 0.6) is 0 Å². The molecule has 0 rings (SSSR count). The fraction of sp³-hybridized carbons (Fsp3) is 0.600. The van der Waals surface area contributed by atoms with Gasteiger partial charge in [0.2, 0.25) is 0 Å². The average molecular weight is 516 g/mol. The molecule has 0 aliphatic heterocycles. The van der Waals surface area contributed by atoms with Crippen LogP contribution in [0.3, 0.4) is 0 Å². The zero-order chi connectivity index (χ0) is 26.2. The minimum absolute atomic E-state index is 0.385. The van der Waals surface area contributed by atoms with Gasteiger partial charge in [0.05, 0.1) is 14.4 Å². The molecule has 0 fully saturated rings. The molecule has 0 aromatic rings. The highest BCUT2D eigenvalue weighted by Gasteiger charge is 2.10. The fourth-order valence-corrected chi connectivity index (χ4v) is 4.48. The molecule has 0 amide bonds. The number of hydrogen-bond donors (Lipinski definition) is 0. The summed E-state index contributed by atoms with van der Waals surface area (Å²) < 4.78 is 29.3. The largest absolute Gasteiger partial charge is 0.790 e. The van der Waals surface area contributed by atoms with Gasteiger partial charge >= 0.3 is 0 Å². The van der Waals surface area contributed by atoms with Crippen LogP contribution in [0.15, 0.2) is 58.2 Å². The molecule has 0 spiro atoms. The summed E-state index contributed by atoms with van der Waals surface area (Å²) >= 11 is 0. The molecule has 34 heavy (non-hydrogen) atoms. The van der Waals surface area contributed by atoms with Gasteiger partial charge in [-0.05, 0) is 92.9 Å². The minimum Gasteiger partial charge on any atom is -0.790 e. The monoisotopic (exact) mass is 515 g/mol. The van der Waals surface area contributed by atoms with Crippen molar-refractivity contribution in [3.05, 3.63) is 58.2 Å². The Kier molecular flexibility index (Phi) is 16.9. The number of phosphoric acid groups is 2. The lowest BCUT2D eigenvalue weighted by atomic mass is 10.0. The van der Waals surface area contributed by atoms with Crippen LogP contribution < -0.4 is 14.7 Å². The Balaban J connectivity index is 4.22. The molecule has 9 heteroatoms. The summed E-state index contributed by atoms with van der Waals surface area (Å²) in [7, 11) is -10.8. The lowest BCUT2D eigenvalue weighted by molar-refractivity contribution is -0.339. The second kappa shape index (κ2) is 17.4. The highest BCUT2D eigenvalue weighted by Crippen LogP contribution is 2.50. The average Bonchev–Trinajstić information content (AvgIpc) is 2.65. The van der Waals surface area contributed by atoms with Crippen molar-refractivity contribution >= 4 is 15.6 Å². The van der Waals surface area contributed by atoms with E-state index in [4.69, 9.17) is 0 Å². The quantitative estimate of drug-likeness (QED) is 0.167. The predicted octanol–water partition coefficient (Wildman–Crippen LogP) is 6.19. The molecule has 0 aromatic carbocycles. The molecule has 0 saturated carbocycles. The van der Waals surface area contributed by atoms with Crippen LogP contribution in [0.2, 0.25) is 0 Å². The van der Waals surface area contributed by atoms with E-state index in [0.29, 0.717) is 6.42 Å². The molecule has 0 bridgehead atoms. The van der Waals surface area contributed by atoms with Crippen molar-refractivity contribution in [1.29, 1.82) is 0 Å². The lowest BCUT2D eigenvalue weighted by Crippen LogP contribution is -2.19. The molecule has 1 unspecified atom stereocenters. The molecule has 1 atom stereocenters. The van der Waals surface area contributed by atoms with Gasteiger partial charge in [0.15, 0.2) is 0 Å².